The average molecular weight is 369 g/mol. The summed E-state index contributed by atoms with van der Waals surface area (Å²) in [4.78, 5) is 10.8. The Morgan fingerprint density at radius 2 is 1.64 bits per heavy atom. The molecule has 0 heterocycles. The van der Waals surface area contributed by atoms with Gasteiger partial charge in [-0.15, -0.1) is 0 Å². The molecule has 0 saturated carbocycles. The minimum Gasteiger partial charge on any atom is -0.463 e. The van der Waals surface area contributed by atoms with Crippen LogP contribution in [0.2, 0.25) is 39.3 Å². The second kappa shape index (κ2) is 6.25. The van der Waals surface area contributed by atoms with Crippen molar-refractivity contribution in [2.75, 3.05) is 0 Å². The van der Waals surface area contributed by atoms with Gasteiger partial charge in [-0.1, -0.05) is 80.0 Å². The van der Waals surface area contributed by atoms with E-state index in [9.17, 15) is 4.79 Å². The van der Waals surface area contributed by atoms with Crippen molar-refractivity contribution in [1.29, 1.82) is 0 Å². The maximum absolute atomic E-state index is 10.8. The molecule has 0 unspecified atom stereocenters. The van der Waals surface area contributed by atoms with E-state index in [-0.39, 0.29) is 0 Å². The summed E-state index contributed by atoms with van der Waals surface area (Å²) in [6.45, 7) is 15.2. The molecule has 0 saturated heterocycles. The maximum Gasteiger partial charge on any atom is 0.293 e. The van der Waals surface area contributed by atoms with E-state index < -0.39 is 16.1 Å². The van der Waals surface area contributed by atoms with E-state index in [0.29, 0.717) is 13.1 Å². The third kappa shape index (κ3) is 3.38. The van der Waals surface area contributed by atoms with Crippen molar-refractivity contribution in [2.24, 2.45) is 0 Å². The number of ether oxygens (including phenoxy) is 1. The van der Waals surface area contributed by atoms with E-state index in [0.717, 1.165) is 6.42 Å². The third-order valence-electron chi connectivity index (χ3n) is 5.16. The van der Waals surface area contributed by atoms with Crippen molar-refractivity contribution in [3.63, 3.8) is 0 Å². The molecule has 0 fully saturated rings. The third-order valence-corrected chi connectivity index (χ3v) is 9.29. The van der Waals surface area contributed by atoms with Gasteiger partial charge in [-0.25, -0.2) is 0 Å². The van der Waals surface area contributed by atoms with Gasteiger partial charge >= 0.3 is 0 Å². The molecule has 0 amide bonds. The minimum absolute atomic E-state index is 0.390. The number of benzene rings is 2. The smallest absolute Gasteiger partial charge is 0.293 e. The molecular weight excluding hydrogens is 340 g/mol. The first kappa shape index (κ1) is 18.1. The van der Waals surface area contributed by atoms with Gasteiger partial charge < -0.3 is 4.74 Å². The van der Waals surface area contributed by atoms with Crippen LogP contribution in [-0.4, -0.2) is 22.6 Å². The SMILES string of the molecule is C[Si](C)(C)c1ccc2c(c1)Cc1c-2ccc([Si](C)(C)C)c1COC=O. The van der Waals surface area contributed by atoms with Gasteiger partial charge in [0.05, 0.1) is 16.1 Å². The van der Waals surface area contributed by atoms with Crippen LogP contribution in [0.4, 0.5) is 0 Å². The topological polar surface area (TPSA) is 26.3 Å². The zero-order valence-electron chi connectivity index (χ0n) is 16.2. The van der Waals surface area contributed by atoms with Crippen molar-refractivity contribution in [3.8, 4) is 11.1 Å². The Balaban J connectivity index is 2.13. The summed E-state index contributed by atoms with van der Waals surface area (Å²) < 4.78 is 5.21. The summed E-state index contributed by atoms with van der Waals surface area (Å²) in [5.41, 5.74) is 6.71. The number of rotatable bonds is 5. The lowest BCUT2D eigenvalue weighted by Gasteiger charge is -2.23. The predicted molar refractivity (Wildman–Crippen MR) is 111 cm³/mol. The lowest BCUT2D eigenvalue weighted by atomic mass is 10.0. The fraction of sp³-hybridized carbons (Fsp3) is 0.381. The van der Waals surface area contributed by atoms with Gasteiger partial charge in [-0.2, -0.15) is 0 Å². The Labute approximate surface area is 153 Å². The van der Waals surface area contributed by atoms with Gasteiger partial charge in [0.1, 0.15) is 6.61 Å². The van der Waals surface area contributed by atoms with E-state index in [1.165, 1.54) is 38.2 Å². The Hall–Kier alpha value is -1.66. The monoisotopic (exact) mass is 368 g/mol. The lowest BCUT2D eigenvalue weighted by Crippen LogP contribution is -2.41. The standard InChI is InChI=1S/C21H28O2Si2/c1-24(2,3)16-7-8-17-15(11-16)12-19-18(17)9-10-21(25(4,5)6)20(19)13-23-14-22/h7-11,14H,12-13H2,1-6H3. The molecule has 132 valence electrons. The normalized spacial score (nSPS) is 13.4. The Morgan fingerprint density at radius 1 is 0.960 bits per heavy atom. The average Bonchev–Trinajstić information content (AvgIpc) is 2.88. The van der Waals surface area contributed by atoms with Crippen LogP contribution in [0, 0.1) is 0 Å². The van der Waals surface area contributed by atoms with Crippen LogP contribution >= 0.6 is 0 Å². The lowest BCUT2D eigenvalue weighted by molar-refractivity contribution is -0.129. The Bertz CT molecular complexity index is 827. The first-order valence-electron chi connectivity index (χ1n) is 8.97. The molecule has 4 heteroatoms. The van der Waals surface area contributed by atoms with Crippen molar-refractivity contribution in [2.45, 2.75) is 52.3 Å². The van der Waals surface area contributed by atoms with Crippen molar-refractivity contribution >= 4 is 33.0 Å². The van der Waals surface area contributed by atoms with E-state index in [1.807, 2.05) is 0 Å². The van der Waals surface area contributed by atoms with E-state index in [2.05, 4.69) is 69.6 Å². The van der Waals surface area contributed by atoms with Crippen LogP contribution in [-0.2, 0) is 22.6 Å². The molecule has 3 rings (SSSR count). The first-order chi connectivity index (χ1) is 11.6. The van der Waals surface area contributed by atoms with E-state index >= 15 is 0 Å². The molecule has 2 aromatic carbocycles. The molecule has 0 bridgehead atoms. The van der Waals surface area contributed by atoms with Crippen LogP contribution < -0.4 is 10.4 Å². The van der Waals surface area contributed by atoms with Gasteiger partial charge in [-0.05, 0) is 34.2 Å². The molecule has 1 aliphatic carbocycles. The zero-order valence-corrected chi connectivity index (χ0v) is 18.2. The first-order valence-corrected chi connectivity index (χ1v) is 16.0. The number of fused-ring (bicyclic) bond motifs is 3. The van der Waals surface area contributed by atoms with Crippen molar-refractivity contribution < 1.29 is 9.53 Å². The molecule has 2 nitrogen and oxygen atoms in total. The fourth-order valence-corrected chi connectivity index (χ4v) is 6.69. The Kier molecular flexibility index (Phi) is 4.54. The molecule has 0 aromatic heterocycles. The molecule has 25 heavy (non-hydrogen) atoms. The predicted octanol–water partition coefficient (Wildman–Crippen LogP) is 4.02. The number of carbonyl (C=O) groups is 1. The van der Waals surface area contributed by atoms with E-state index in [1.54, 1.807) is 0 Å². The number of hydrogen-bond donors (Lipinski definition) is 0. The molecule has 0 N–H and O–H groups in total. The summed E-state index contributed by atoms with van der Waals surface area (Å²) in [5.74, 6) is 0. The van der Waals surface area contributed by atoms with Crippen LogP contribution in [0.3, 0.4) is 0 Å². The van der Waals surface area contributed by atoms with Gasteiger partial charge in [0.2, 0.25) is 0 Å². The summed E-state index contributed by atoms with van der Waals surface area (Å²) in [6, 6.07) is 11.6. The van der Waals surface area contributed by atoms with Gasteiger partial charge in [-0.3, -0.25) is 4.79 Å². The Morgan fingerprint density at radius 3 is 2.24 bits per heavy atom. The maximum atomic E-state index is 10.8. The van der Waals surface area contributed by atoms with Gasteiger partial charge in [0.15, 0.2) is 0 Å². The largest absolute Gasteiger partial charge is 0.463 e. The highest BCUT2D eigenvalue weighted by molar-refractivity contribution is 6.89. The highest BCUT2D eigenvalue weighted by Gasteiger charge is 2.29. The highest BCUT2D eigenvalue weighted by atomic mass is 28.3. The van der Waals surface area contributed by atoms with Crippen LogP contribution in [0.25, 0.3) is 11.1 Å². The summed E-state index contributed by atoms with van der Waals surface area (Å²) >= 11 is 0. The van der Waals surface area contributed by atoms with Gasteiger partial charge in [0, 0.05) is 0 Å². The quantitative estimate of drug-likeness (QED) is 0.502. The molecule has 1 aliphatic rings. The van der Waals surface area contributed by atoms with Crippen molar-refractivity contribution in [3.05, 3.63) is 47.0 Å². The second-order valence-electron chi connectivity index (χ2n) is 9.07. The zero-order chi connectivity index (χ0) is 18.4. The molecule has 0 atom stereocenters. The molecule has 0 aliphatic heterocycles. The summed E-state index contributed by atoms with van der Waals surface area (Å²) in [7, 11) is -2.82. The van der Waals surface area contributed by atoms with Gasteiger partial charge in [0.25, 0.3) is 6.47 Å². The van der Waals surface area contributed by atoms with Crippen molar-refractivity contribution in [1.82, 2.24) is 0 Å². The summed E-state index contributed by atoms with van der Waals surface area (Å²) in [5, 5.41) is 2.92. The molecule has 2 aromatic rings. The summed E-state index contributed by atoms with van der Waals surface area (Å²) in [6.07, 6.45) is 0.957. The van der Waals surface area contributed by atoms with Crippen LogP contribution in [0.15, 0.2) is 30.3 Å². The molecule has 0 spiro atoms. The second-order valence-corrected chi connectivity index (χ2v) is 19.2. The molecule has 0 radical (unpaired) electrons. The molecular formula is C21H28O2Si2. The minimum atomic E-state index is -1.50. The fourth-order valence-electron chi connectivity index (χ4n) is 3.79. The van der Waals surface area contributed by atoms with E-state index in [4.69, 9.17) is 4.74 Å². The van der Waals surface area contributed by atoms with Crippen LogP contribution in [0.5, 0.6) is 0 Å². The number of carbonyl (C=O) groups excluding carboxylic acids is 1. The van der Waals surface area contributed by atoms with Crippen LogP contribution in [0.1, 0.15) is 16.7 Å². The number of hydrogen-bond acceptors (Lipinski definition) is 2. The highest BCUT2D eigenvalue weighted by Crippen LogP contribution is 2.38.